The first-order valence-electron chi connectivity index (χ1n) is 9.12. The van der Waals surface area contributed by atoms with Gasteiger partial charge < -0.3 is 10.2 Å². The molecule has 0 spiro atoms. The number of aliphatic imine (C=N–C) groups is 1. The topological polar surface area (TPSA) is 58.3 Å². The van der Waals surface area contributed by atoms with Crippen molar-refractivity contribution in [1.82, 2.24) is 25.0 Å². The molecule has 142 valence electrons. The van der Waals surface area contributed by atoms with E-state index in [1.165, 1.54) is 12.8 Å². The predicted octanol–water partition coefficient (Wildman–Crippen LogP) is 3.47. The van der Waals surface area contributed by atoms with E-state index in [0.29, 0.717) is 12.0 Å². The lowest BCUT2D eigenvalue weighted by Crippen LogP contribution is -2.41. The smallest absolute Gasteiger partial charge is 0.194 e. The SMILES string of the molecule is CCNC(=NCc1ccnc(-n2cccn2)c1)N1CCC(C)(CC)C1.I. The molecule has 26 heavy (non-hydrogen) atoms. The Kier molecular flexibility index (Phi) is 7.43. The third-order valence-electron chi connectivity index (χ3n) is 5.01. The van der Waals surface area contributed by atoms with Gasteiger partial charge in [-0.05, 0) is 48.9 Å². The zero-order valence-corrected chi connectivity index (χ0v) is 18.2. The van der Waals surface area contributed by atoms with Gasteiger partial charge >= 0.3 is 0 Å². The summed E-state index contributed by atoms with van der Waals surface area (Å²) in [6.07, 6.45) is 7.91. The first-order chi connectivity index (χ1) is 12.1. The summed E-state index contributed by atoms with van der Waals surface area (Å²) in [7, 11) is 0. The number of rotatable bonds is 5. The van der Waals surface area contributed by atoms with Crippen LogP contribution in [-0.4, -0.2) is 45.3 Å². The highest BCUT2D eigenvalue weighted by Crippen LogP contribution is 2.32. The number of nitrogens with zero attached hydrogens (tertiary/aromatic N) is 5. The lowest BCUT2D eigenvalue weighted by molar-refractivity contribution is 0.322. The zero-order chi connectivity index (χ0) is 17.7. The average Bonchev–Trinajstić information content (AvgIpc) is 3.29. The van der Waals surface area contributed by atoms with Crippen molar-refractivity contribution in [2.45, 2.75) is 40.2 Å². The quantitative estimate of drug-likeness (QED) is 0.415. The van der Waals surface area contributed by atoms with Crippen LogP contribution in [0.15, 0.2) is 41.8 Å². The second-order valence-corrected chi connectivity index (χ2v) is 6.98. The predicted molar refractivity (Wildman–Crippen MR) is 116 cm³/mol. The van der Waals surface area contributed by atoms with E-state index in [-0.39, 0.29) is 24.0 Å². The molecule has 0 aliphatic carbocycles. The Bertz CT molecular complexity index is 715. The molecule has 0 bridgehead atoms. The highest BCUT2D eigenvalue weighted by molar-refractivity contribution is 14.0. The van der Waals surface area contributed by atoms with E-state index in [2.05, 4.69) is 41.1 Å². The fourth-order valence-electron chi connectivity index (χ4n) is 3.17. The Morgan fingerprint density at radius 1 is 1.35 bits per heavy atom. The van der Waals surface area contributed by atoms with Crippen molar-refractivity contribution in [2.24, 2.45) is 10.4 Å². The minimum Gasteiger partial charge on any atom is -0.357 e. The van der Waals surface area contributed by atoms with Crippen molar-refractivity contribution >= 4 is 29.9 Å². The second kappa shape index (κ2) is 9.34. The van der Waals surface area contributed by atoms with E-state index in [1.54, 1.807) is 10.9 Å². The second-order valence-electron chi connectivity index (χ2n) is 6.98. The number of hydrogen-bond donors (Lipinski definition) is 1. The number of nitrogens with one attached hydrogen (secondary N) is 1. The number of likely N-dealkylation sites (tertiary alicyclic amines) is 1. The lowest BCUT2D eigenvalue weighted by atomic mass is 9.87. The summed E-state index contributed by atoms with van der Waals surface area (Å²) in [6, 6.07) is 5.95. The van der Waals surface area contributed by atoms with Crippen LogP contribution in [0.4, 0.5) is 0 Å². The molecule has 1 fully saturated rings. The van der Waals surface area contributed by atoms with Crippen molar-refractivity contribution in [2.75, 3.05) is 19.6 Å². The molecule has 3 heterocycles. The number of halogens is 1. The molecule has 2 aromatic heterocycles. The van der Waals surface area contributed by atoms with Crippen LogP contribution in [-0.2, 0) is 6.54 Å². The third-order valence-corrected chi connectivity index (χ3v) is 5.01. The van der Waals surface area contributed by atoms with Crippen LogP contribution in [0.3, 0.4) is 0 Å². The van der Waals surface area contributed by atoms with Crippen LogP contribution >= 0.6 is 24.0 Å². The molecular formula is C19H29IN6. The minimum atomic E-state index is 0. The monoisotopic (exact) mass is 468 g/mol. The largest absolute Gasteiger partial charge is 0.357 e. The van der Waals surface area contributed by atoms with E-state index >= 15 is 0 Å². The standard InChI is InChI=1S/C19H28N6.HI/c1-4-19(3)8-12-24(15-19)18(20-5-2)22-14-16-7-10-21-17(13-16)25-11-6-9-23-25;/h6-7,9-11,13H,4-5,8,12,14-15H2,1-3H3,(H,20,22);1H. The van der Waals surface area contributed by atoms with Gasteiger partial charge in [0, 0.05) is 38.2 Å². The van der Waals surface area contributed by atoms with Crippen LogP contribution in [0.25, 0.3) is 5.82 Å². The van der Waals surface area contributed by atoms with Crippen molar-refractivity contribution in [3.05, 3.63) is 42.4 Å². The molecule has 0 radical (unpaired) electrons. The molecule has 3 rings (SSSR count). The maximum atomic E-state index is 4.86. The molecule has 6 nitrogen and oxygen atoms in total. The maximum Gasteiger partial charge on any atom is 0.194 e. The molecule has 1 N–H and O–H groups in total. The van der Waals surface area contributed by atoms with Crippen molar-refractivity contribution in [1.29, 1.82) is 0 Å². The van der Waals surface area contributed by atoms with Crippen LogP contribution in [0.5, 0.6) is 0 Å². The number of hydrogen-bond acceptors (Lipinski definition) is 3. The van der Waals surface area contributed by atoms with Gasteiger partial charge in [-0.15, -0.1) is 24.0 Å². The molecule has 1 saturated heterocycles. The van der Waals surface area contributed by atoms with E-state index in [4.69, 9.17) is 4.99 Å². The Morgan fingerprint density at radius 3 is 2.85 bits per heavy atom. The summed E-state index contributed by atoms with van der Waals surface area (Å²) in [5.74, 6) is 1.83. The third kappa shape index (κ3) is 4.96. The molecule has 1 aliphatic rings. The van der Waals surface area contributed by atoms with E-state index < -0.39 is 0 Å². The van der Waals surface area contributed by atoms with Gasteiger partial charge in [0.15, 0.2) is 11.8 Å². The van der Waals surface area contributed by atoms with Gasteiger partial charge in [0.05, 0.1) is 6.54 Å². The molecule has 0 amide bonds. The van der Waals surface area contributed by atoms with Gasteiger partial charge in [-0.2, -0.15) is 5.10 Å². The van der Waals surface area contributed by atoms with Gasteiger partial charge in [-0.25, -0.2) is 14.7 Å². The zero-order valence-electron chi connectivity index (χ0n) is 15.9. The molecule has 7 heteroatoms. The molecular weight excluding hydrogens is 439 g/mol. The van der Waals surface area contributed by atoms with E-state index in [1.807, 2.05) is 30.6 Å². The normalized spacial score (nSPS) is 20.1. The van der Waals surface area contributed by atoms with Gasteiger partial charge in [-0.3, -0.25) is 0 Å². The van der Waals surface area contributed by atoms with Crippen LogP contribution in [0.2, 0.25) is 0 Å². The molecule has 2 aromatic rings. The summed E-state index contributed by atoms with van der Waals surface area (Å²) >= 11 is 0. The number of aromatic nitrogens is 3. The molecule has 1 atom stereocenters. The summed E-state index contributed by atoms with van der Waals surface area (Å²) in [4.78, 5) is 11.6. The van der Waals surface area contributed by atoms with Crippen molar-refractivity contribution < 1.29 is 0 Å². The first kappa shape index (κ1) is 20.7. The Labute approximate surface area is 173 Å². The van der Waals surface area contributed by atoms with Gasteiger partial charge in [-0.1, -0.05) is 13.8 Å². The van der Waals surface area contributed by atoms with Crippen LogP contribution in [0, 0.1) is 5.41 Å². The van der Waals surface area contributed by atoms with Gasteiger partial charge in [0.1, 0.15) is 0 Å². The lowest BCUT2D eigenvalue weighted by Gasteiger charge is -2.25. The summed E-state index contributed by atoms with van der Waals surface area (Å²) in [5, 5.41) is 7.68. The highest BCUT2D eigenvalue weighted by Gasteiger charge is 2.33. The van der Waals surface area contributed by atoms with Gasteiger partial charge in [0.25, 0.3) is 0 Å². The molecule has 0 aromatic carbocycles. The fraction of sp³-hybridized carbons (Fsp3) is 0.526. The number of guanidine groups is 1. The summed E-state index contributed by atoms with van der Waals surface area (Å²) < 4.78 is 1.77. The molecule has 0 saturated carbocycles. The van der Waals surface area contributed by atoms with Crippen molar-refractivity contribution in [3.8, 4) is 5.82 Å². The van der Waals surface area contributed by atoms with Crippen LogP contribution in [0.1, 0.15) is 39.2 Å². The van der Waals surface area contributed by atoms with Crippen molar-refractivity contribution in [3.63, 3.8) is 0 Å². The fourth-order valence-corrected chi connectivity index (χ4v) is 3.17. The maximum absolute atomic E-state index is 4.86. The highest BCUT2D eigenvalue weighted by atomic mass is 127. The molecule has 1 unspecified atom stereocenters. The summed E-state index contributed by atoms with van der Waals surface area (Å²) in [5.41, 5.74) is 1.54. The van der Waals surface area contributed by atoms with Crippen LogP contribution < -0.4 is 5.32 Å². The Balaban J connectivity index is 0.00000243. The first-order valence-corrected chi connectivity index (χ1v) is 9.12. The Hall–Kier alpha value is -1.64. The Morgan fingerprint density at radius 2 is 2.19 bits per heavy atom. The minimum absolute atomic E-state index is 0. The van der Waals surface area contributed by atoms with Gasteiger partial charge in [0.2, 0.25) is 0 Å². The average molecular weight is 468 g/mol. The molecule has 1 aliphatic heterocycles. The van der Waals surface area contributed by atoms with E-state index in [9.17, 15) is 0 Å². The van der Waals surface area contributed by atoms with E-state index in [0.717, 1.165) is 37.0 Å². The number of pyridine rings is 1. The summed E-state index contributed by atoms with van der Waals surface area (Å²) in [6.45, 7) is 10.4.